The number of hydrogen-bond donors (Lipinski definition) is 0. The zero-order valence-electron chi connectivity index (χ0n) is 7.06. The lowest BCUT2D eigenvalue weighted by Crippen LogP contribution is -2.24. The third-order valence-corrected chi connectivity index (χ3v) is 2.29. The number of halogens is 3. The van der Waals surface area contributed by atoms with Gasteiger partial charge in [-0.15, -0.1) is 0 Å². The largest absolute Gasteiger partial charge is 0.363 e. The Hall–Kier alpha value is 0.01000. The summed E-state index contributed by atoms with van der Waals surface area (Å²) in [6, 6.07) is 0. The molecule has 0 bridgehead atoms. The SMILES string of the molecule is CN1CCCC1=NC(=O)C(Cl)(Cl)Cl. The van der Waals surface area contributed by atoms with Crippen LogP contribution in [-0.2, 0) is 4.79 Å². The van der Waals surface area contributed by atoms with Crippen molar-refractivity contribution in [2.45, 2.75) is 16.6 Å². The molecule has 1 fully saturated rings. The highest BCUT2D eigenvalue weighted by Gasteiger charge is 2.31. The van der Waals surface area contributed by atoms with Crippen molar-refractivity contribution >= 4 is 46.5 Å². The number of rotatable bonds is 0. The van der Waals surface area contributed by atoms with Crippen LogP contribution in [0.3, 0.4) is 0 Å². The number of amidine groups is 1. The number of aliphatic imine (C=N–C) groups is 1. The Kier molecular flexibility index (Phi) is 3.44. The topological polar surface area (TPSA) is 32.7 Å². The van der Waals surface area contributed by atoms with Crippen molar-refractivity contribution in [1.82, 2.24) is 4.90 Å². The summed E-state index contributed by atoms with van der Waals surface area (Å²) in [4.78, 5) is 16.8. The molecule has 1 amide bonds. The highest BCUT2D eigenvalue weighted by Crippen LogP contribution is 2.28. The molecule has 3 nitrogen and oxygen atoms in total. The average Bonchev–Trinajstić information content (AvgIpc) is 2.34. The Labute approximate surface area is 91.6 Å². The Morgan fingerprint density at radius 3 is 2.54 bits per heavy atom. The molecule has 0 aromatic rings. The first kappa shape index (κ1) is 11.1. The molecule has 0 N–H and O–H groups in total. The fraction of sp³-hybridized carbons (Fsp3) is 0.714. The number of alkyl halides is 3. The molecule has 0 saturated carbocycles. The number of nitrogens with zero attached hydrogens (tertiary/aromatic N) is 2. The summed E-state index contributed by atoms with van der Waals surface area (Å²) in [7, 11) is 1.86. The summed E-state index contributed by atoms with van der Waals surface area (Å²) >= 11 is 16.1. The first-order valence-electron chi connectivity index (χ1n) is 3.81. The van der Waals surface area contributed by atoms with Crippen molar-refractivity contribution in [3.8, 4) is 0 Å². The van der Waals surface area contributed by atoms with Crippen LogP contribution in [0.5, 0.6) is 0 Å². The lowest BCUT2D eigenvalue weighted by atomic mass is 10.4. The van der Waals surface area contributed by atoms with Gasteiger partial charge >= 0.3 is 0 Å². The molecule has 0 unspecified atom stereocenters. The van der Waals surface area contributed by atoms with Crippen LogP contribution >= 0.6 is 34.8 Å². The highest BCUT2D eigenvalue weighted by molar-refractivity contribution is 6.76. The molecule has 74 valence electrons. The van der Waals surface area contributed by atoms with E-state index in [4.69, 9.17) is 34.8 Å². The van der Waals surface area contributed by atoms with Gasteiger partial charge in [0.2, 0.25) is 0 Å². The van der Waals surface area contributed by atoms with Gasteiger partial charge in [-0.3, -0.25) is 4.79 Å². The van der Waals surface area contributed by atoms with Gasteiger partial charge in [0, 0.05) is 20.0 Å². The second kappa shape index (κ2) is 4.03. The van der Waals surface area contributed by atoms with Crippen molar-refractivity contribution in [2.24, 2.45) is 4.99 Å². The Morgan fingerprint density at radius 2 is 2.15 bits per heavy atom. The second-order valence-corrected chi connectivity index (χ2v) is 5.14. The van der Waals surface area contributed by atoms with E-state index >= 15 is 0 Å². The van der Waals surface area contributed by atoms with Gasteiger partial charge in [-0.05, 0) is 6.42 Å². The van der Waals surface area contributed by atoms with Crippen LogP contribution in [0.2, 0.25) is 0 Å². The van der Waals surface area contributed by atoms with Gasteiger partial charge < -0.3 is 4.90 Å². The van der Waals surface area contributed by atoms with E-state index in [1.807, 2.05) is 11.9 Å². The van der Waals surface area contributed by atoms with Crippen molar-refractivity contribution in [3.63, 3.8) is 0 Å². The van der Waals surface area contributed by atoms with Crippen LogP contribution in [-0.4, -0.2) is 34.0 Å². The molecule has 1 heterocycles. The number of amides is 1. The van der Waals surface area contributed by atoms with Gasteiger partial charge in [-0.1, -0.05) is 34.8 Å². The third kappa shape index (κ3) is 3.01. The lowest BCUT2D eigenvalue weighted by molar-refractivity contribution is -0.117. The van der Waals surface area contributed by atoms with Gasteiger partial charge in [0.05, 0.1) is 0 Å². The molecule has 6 heteroatoms. The van der Waals surface area contributed by atoms with E-state index in [1.165, 1.54) is 0 Å². The van der Waals surface area contributed by atoms with Crippen LogP contribution in [0, 0.1) is 0 Å². The van der Waals surface area contributed by atoms with Crippen LogP contribution < -0.4 is 0 Å². The molecule has 1 aliphatic heterocycles. The molecule has 13 heavy (non-hydrogen) atoms. The number of likely N-dealkylation sites (tertiary alicyclic amines) is 1. The molecule has 0 spiro atoms. The molecule has 0 aliphatic carbocycles. The van der Waals surface area contributed by atoms with Gasteiger partial charge in [0.15, 0.2) is 0 Å². The van der Waals surface area contributed by atoms with Crippen molar-refractivity contribution in [1.29, 1.82) is 0 Å². The maximum atomic E-state index is 11.2. The van der Waals surface area contributed by atoms with E-state index in [9.17, 15) is 4.79 Å². The molecular formula is C7H9Cl3N2O. The standard InChI is InChI=1S/C7H9Cl3N2O/c1-12-4-2-3-5(12)11-6(13)7(8,9)10/h2-4H2,1H3. The quantitative estimate of drug-likeness (QED) is 0.610. The highest BCUT2D eigenvalue weighted by atomic mass is 35.6. The van der Waals surface area contributed by atoms with Crippen LogP contribution in [0.25, 0.3) is 0 Å². The third-order valence-electron chi connectivity index (χ3n) is 1.81. The zero-order valence-corrected chi connectivity index (χ0v) is 9.33. The first-order valence-corrected chi connectivity index (χ1v) is 4.94. The Balaban J connectivity index is 2.71. The van der Waals surface area contributed by atoms with Crippen LogP contribution in [0.15, 0.2) is 4.99 Å². The number of carbonyl (C=O) groups is 1. The summed E-state index contributed by atoms with van der Waals surface area (Å²) in [5, 5.41) is 0. The van der Waals surface area contributed by atoms with Crippen LogP contribution in [0.4, 0.5) is 0 Å². The summed E-state index contributed by atoms with van der Waals surface area (Å²) in [5.41, 5.74) is 0. The fourth-order valence-electron chi connectivity index (χ4n) is 1.12. The molecule has 0 aromatic carbocycles. The molecule has 1 rings (SSSR count). The minimum Gasteiger partial charge on any atom is -0.363 e. The van der Waals surface area contributed by atoms with E-state index in [0.29, 0.717) is 5.84 Å². The maximum absolute atomic E-state index is 11.2. The zero-order chi connectivity index (χ0) is 10.1. The van der Waals surface area contributed by atoms with Crippen molar-refractivity contribution in [3.05, 3.63) is 0 Å². The lowest BCUT2D eigenvalue weighted by Gasteiger charge is -2.12. The summed E-state index contributed by atoms with van der Waals surface area (Å²) in [6.07, 6.45) is 1.76. The minimum atomic E-state index is -1.93. The van der Waals surface area contributed by atoms with Gasteiger partial charge in [-0.25, -0.2) is 0 Å². The molecule has 0 radical (unpaired) electrons. The van der Waals surface area contributed by atoms with E-state index in [1.54, 1.807) is 0 Å². The van der Waals surface area contributed by atoms with Gasteiger partial charge in [0.25, 0.3) is 9.70 Å². The molecule has 0 aromatic heterocycles. The van der Waals surface area contributed by atoms with Gasteiger partial charge in [0.1, 0.15) is 5.84 Å². The molecule has 0 atom stereocenters. The predicted molar refractivity (Wildman–Crippen MR) is 54.6 cm³/mol. The van der Waals surface area contributed by atoms with Crippen molar-refractivity contribution in [2.75, 3.05) is 13.6 Å². The van der Waals surface area contributed by atoms with E-state index in [-0.39, 0.29) is 0 Å². The van der Waals surface area contributed by atoms with Gasteiger partial charge in [-0.2, -0.15) is 4.99 Å². The summed E-state index contributed by atoms with van der Waals surface area (Å²) < 4.78 is -1.93. The minimum absolute atomic E-state index is 0.691. The second-order valence-electron chi connectivity index (χ2n) is 2.86. The normalized spacial score (nSPS) is 21.2. The molecule has 1 saturated heterocycles. The average molecular weight is 244 g/mol. The first-order chi connectivity index (χ1) is 5.91. The Bertz CT molecular complexity index is 247. The monoisotopic (exact) mass is 242 g/mol. The summed E-state index contributed by atoms with van der Waals surface area (Å²) in [6.45, 7) is 0.895. The Morgan fingerprint density at radius 1 is 1.54 bits per heavy atom. The van der Waals surface area contributed by atoms with Crippen molar-refractivity contribution < 1.29 is 4.79 Å². The maximum Gasteiger partial charge on any atom is 0.299 e. The molecular weight excluding hydrogens is 234 g/mol. The predicted octanol–water partition coefficient (Wildman–Crippen LogP) is 2.01. The fourth-order valence-corrected chi connectivity index (χ4v) is 1.24. The smallest absolute Gasteiger partial charge is 0.299 e. The molecule has 1 aliphatic rings. The van der Waals surface area contributed by atoms with Crippen LogP contribution in [0.1, 0.15) is 12.8 Å². The number of carbonyl (C=O) groups excluding carboxylic acids is 1. The van der Waals surface area contributed by atoms with E-state index < -0.39 is 9.70 Å². The van der Waals surface area contributed by atoms with E-state index in [0.717, 1.165) is 19.4 Å². The number of hydrogen-bond acceptors (Lipinski definition) is 1. The van der Waals surface area contributed by atoms with E-state index in [2.05, 4.69) is 4.99 Å². The summed E-state index contributed by atoms with van der Waals surface area (Å²) in [5.74, 6) is -0.0300.